The van der Waals surface area contributed by atoms with E-state index in [0.717, 1.165) is 18.5 Å². The van der Waals surface area contributed by atoms with Gasteiger partial charge in [-0.05, 0) is 70.4 Å². The number of rotatable bonds is 7. The van der Waals surface area contributed by atoms with Gasteiger partial charge in [0.05, 0.1) is 35.0 Å². The Hall–Kier alpha value is -4.84. The number of allylic oxidation sites excluding steroid dienone is 2. The van der Waals surface area contributed by atoms with Crippen molar-refractivity contribution in [2.45, 2.75) is 51.7 Å². The lowest BCUT2D eigenvalue weighted by atomic mass is 10.1. The van der Waals surface area contributed by atoms with Crippen LogP contribution < -0.4 is 32.8 Å². The molecule has 2 aromatic rings. The summed E-state index contributed by atoms with van der Waals surface area (Å²) in [5, 5.41) is 13.0. The normalized spacial score (nSPS) is 17.8. The van der Waals surface area contributed by atoms with Gasteiger partial charge in [0.2, 0.25) is 0 Å². The fraction of sp³-hybridized carbons (Fsp3) is 0.333. The molecule has 8 N–H and O–H groups in total. The van der Waals surface area contributed by atoms with E-state index in [0.29, 0.717) is 47.7 Å². The van der Waals surface area contributed by atoms with E-state index in [9.17, 15) is 9.59 Å². The summed E-state index contributed by atoms with van der Waals surface area (Å²) in [5.41, 5.74) is 20.8. The van der Waals surface area contributed by atoms with Gasteiger partial charge in [-0.25, -0.2) is 4.79 Å². The number of benzene rings is 2. The molecule has 2 heterocycles. The molecule has 0 aliphatic carbocycles. The molecule has 2 aromatic carbocycles. The first-order chi connectivity index (χ1) is 20.0. The summed E-state index contributed by atoms with van der Waals surface area (Å²) >= 11 is 0. The van der Waals surface area contributed by atoms with Crippen LogP contribution in [0.25, 0.3) is 0 Å². The van der Waals surface area contributed by atoms with Gasteiger partial charge in [0.15, 0.2) is 0 Å². The van der Waals surface area contributed by atoms with Gasteiger partial charge in [0, 0.05) is 42.3 Å². The predicted molar refractivity (Wildman–Crippen MR) is 165 cm³/mol. The maximum absolute atomic E-state index is 12.9. The maximum atomic E-state index is 12.9. The van der Waals surface area contributed by atoms with E-state index in [1.165, 1.54) is 6.20 Å². The largest absolute Gasteiger partial charge is 0.444 e. The van der Waals surface area contributed by atoms with Crippen LogP contribution >= 0.6 is 0 Å². The lowest BCUT2D eigenvalue weighted by Crippen LogP contribution is -2.37. The molecule has 42 heavy (non-hydrogen) atoms. The third-order valence-corrected chi connectivity index (χ3v) is 6.69. The number of carbonyl (C=O) groups is 2. The summed E-state index contributed by atoms with van der Waals surface area (Å²) in [4.78, 5) is 31.7. The minimum atomic E-state index is -0.536. The molecule has 0 bridgehead atoms. The molecular formula is C30H39N9O3. The number of aliphatic imine (C=N–C) groups is 1. The summed E-state index contributed by atoms with van der Waals surface area (Å²) < 4.78 is 5.49. The van der Waals surface area contributed by atoms with Crippen LogP contribution in [0.5, 0.6) is 0 Å². The second-order valence-electron chi connectivity index (χ2n) is 11.1. The van der Waals surface area contributed by atoms with Crippen molar-refractivity contribution in [3.05, 3.63) is 83.5 Å². The number of hydrogen-bond donors (Lipinski definition) is 6. The SMILES string of the molecule is CC(C)(C)OC(=O)N1CCCC(N=CC(=CN)NC(=O)c2ccc(N3C=C(C(=N)c4ccccc4N)NN3)cc2)CC1. The van der Waals surface area contributed by atoms with Crippen LogP contribution in [0, 0.1) is 5.41 Å². The van der Waals surface area contributed by atoms with E-state index < -0.39 is 5.60 Å². The number of para-hydroxylation sites is 1. The van der Waals surface area contributed by atoms with Crippen molar-refractivity contribution in [3.8, 4) is 0 Å². The van der Waals surface area contributed by atoms with Crippen LogP contribution in [-0.4, -0.2) is 53.6 Å². The molecule has 12 nitrogen and oxygen atoms in total. The number of likely N-dealkylation sites (tertiary alicyclic amines) is 1. The Balaban J connectivity index is 1.31. The molecule has 2 aliphatic rings. The zero-order valence-electron chi connectivity index (χ0n) is 24.2. The third kappa shape index (κ3) is 7.88. The summed E-state index contributed by atoms with van der Waals surface area (Å²) in [7, 11) is 0. The van der Waals surface area contributed by atoms with E-state index in [1.807, 2.05) is 32.9 Å². The second kappa shape index (κ2) is 13.2. The van der Waals surface area contributed by atoms with E-state index in [4.69, 9.17) is 21.6 Å². The van der Waals surface area contributed by atoms with Gasteiger partial charge in [-0.15, -0.1) is 5.53 Å². The first kappa shape index (κ1) is 30.1. The molecule has 0 saturated carbocycles. The number of hydrogen-bond acceptors (Lipinski definition) is 10. The van der Waals surface area contributed by atoms with Gasteiger partial charge >= 0.3 is 6.09 Å². The highest BCUT2D eigenvalue weighted by molar-refractivity contribution is 6.13. The van der Waals surface area contributed by atoms with E-state index in [-0.39, 0.29) is 23.8 Å². The smallest absolute Gasteiger partial charge is 0.410 e. The van der Waals surface area contributed by atoms with Crippen molar-refractivity contribution >= 4 is 35.3 Å². The minimum absolute atomic E-state index is 0.00269. The van der Waals surface area contributed by atoms with Crippen molar-refractivity contribution in [3.63, 3.8) is 0 Å². The summed E-state index contributed by atoms with van der Waals surface area (Å²) in [6, 6.07) is 14.2. The standard InChI is InChI=1S/C30H39N9O3/c1-30(2,3)42-29(41)38-15-6-7-21(14-16-38)34-18-22(17-31)35-28(40)20-10-12-23(13-11-20)39-19-26(36-37-39)27(33)24-8-4-5-9-25(24)32/h4-5,8-13,17-19,21,33,36-37H,6-7,14-16,31-32H2,1-3H3,(H,35,40). The van der Waals surface area contributed by atoms with Crippen molar-refractivity contribution in [1.29, 1.82) is 5.41 Å². The molecule has 4 rings (SSSR count). The van der Waals surface area contributed by atoms with Gasteiger partial charge in [-0.1, -0.05) is 18.2 Å². The van der Waals surface area contributed by atoms with Crippen LogP contribution in [0.15, 0.2) is 77.3 Å². The highest BCUT2D eigenvalue weighted by atomic mass is 16.6. The predicted octanol–water partition coefficient (Wildman–Crippen LogP) is 3.40. The molecule has 0 aromatic heterocycles. The third-order valence-electron chi connectivity index (χ3n) is 6.69. The topological polar surface area (TPSA) is 174 Å². The number of nitrogens with zero attached hydrogens (tertiary/aromatic N) is 3. The molecule has 2 aliphatic heterocycles. The minimum Gasteiger partial charge on any atom is -0.444 e. The van der Waals surface area contributed by atoms with Crippen LogP contribution in [0.3, 0.4) is 0 Å². The number of nitrogens with two attached hydrogens (primary N) is 2. The second-order valence-corrected chi connectivity index (χ2v) is 11.1. The maximum Gasteiger partial charge on any atom is 0.410 e. The Bertz CT molecular complexity index is 1390. The van der Waals surface area contributed by atoms with Gasteiger partial charge in [0.25, 0.3) is 5.91 Å². The summed E-state index contributed by atoms with van der Waals surface area (Å²) in [6.07, 6.45) is 6.63. The molecule has 2 amide bonds. The van der Waals surface area contributed by atoms with Crippen LogP contribution in [0.1, 0.15) is 56.0 Å². The van der Waals surface area contributed by atoms with Crippen LogP contribution in [0.4, 0.5) is 16.2 Å². The number of hydrazine groups is 2. The Morgan fingerprint density at radius 3 is 2.55 bits per heavy atom. The molecule has 222 valence electrons. The van der Waals surface area contributed by atoms with E-state index >= 15 is 0 Å². The van der Waals surface area contributed by atoms with Crippen molar-refractivity contribution < 1.29 is 14.3 Å². The van der Waals surface area contributed by atoms with Gasteiger partial charge in [-0.3, -0.25) is 25.6 Å². The van der Waals surface area contributed by atoms with Crippen LogP contribution in [0.2, 0.25) is 0 Å². The average molecular weight is 574 g/mol. The number of ether oxygens (including phenoxy) is 1. The molecule has 1 unspecified atom stereocenters. The summed E-state index contributed by atoms with van der Waals surface area (Å²) in [5.74, 6) is -0.327. The lowest BCUT2D eigenvalue weighted by molar-refractivity contribution is 0.0256. The fourth-order valence-electron chi connectivity index (χ4n) is 4.47. The van der Waals surface area contributed by atoms with E-state index in [2.05, 4.69) is 21.3 Å². The molecule has 1 atom stereocenters. The van der Waals surface area contributed by atoms with Crippen LogP contribution in [-0.2, 0) is 4.74 Å². The lowest BCUT2D eigenvalue weighted by Gasteiger charge is -2.26. The Labute approximate surface area is 245 Å². The monoisotopic (exact) mass is 573 g/mol. The van der Waals surface area contributed by atoms with E-state index in [1.54, 1.807) is 58.7 Å². The highest BCUT2D eigenvalue weighted by Crippen LogP contribution is 2.21. The number of nitrogen functional groups attached to an aromatic ring is 1. The Kier molecular flexibility index (Phi) is 9.48. The van der Waals surface area contributed by atoms with Gasteiger partial charge in [0.1, 0.15) is 5.60 Å². The zero-order chi connectivity index (χ0) is 30.3. The molecule has 0 spiro atoms. The molecule has 0 radical (unpaired) electrons. The van der Waals surface area contributed by atoms with Gasteiger partial charge in [-0.2, -0.15) is 0 Å². The Morgan fingerprint density at radius 1 is 1.12 bits per heavy atom. The van der Waals surface area contributed by atoms with Crippen molar-refractivity contribution in [1.82, 2.24) is 21.2 Å². The zero-order valence-corrected chi connectivity index (χ0v) is 24.2. The number of carbonyl (C=O) groups excluding carboxylic acids is 2. The first-order valence-corrected chi connectivity index (χ1v) is 13.8. The number of anilines is 2. The average Bonchev–Trinajstić information content (AvgIpc) is 3.33. The first-order valence-electron chi connectivity index (χ1n) is 13.8. The molecule has 1 saturated heterocycles. The quantitative estimate of drug-likeness (QED) is 0.216. The molecular weight excluding hydrogens is 534 g/mol. The molecule has 12 heteroatoms. The fourth-order valence-corrected chi connectivity index (χ4v) is 4.47. The van der Waals surface area contributed by atoms with Gasteiger partial charge < -0.3 is 26.4 Å². The number of amides is 2. The molecule has 1 fully saturated rings. The summed E-state index contributed by atoms with van der Waals surface area (Å²) in [6.45, 7) is 6.73. The number of nitrogens with one attached hydrogen (secondary N) is 4. The van der Waals surface area contributed by atoms with Crippen molar-refractivity contribution in [2.75, 3.05) is 23.8 Å². The van der Waals surface area contributed by atoms with Crippen molar-refractivity contribution in [2.24, 2.45) is 10.7 Å². The Morgan fingerprint density at radius 2 is 1.86 bits per heavy atom. The highest BCUT2D eigenvalue weighted by Gasteiger charge is 2.25.